The van der Waals surface area contributed by atoms with E-state index in [2.05, 4.69) is 10.6 Å². The summed E-state index contributed by atoms with van der Waals surface area (Å²) < 4.78 is 22.0. The van der Waals surface area contributed by atoms with E-state index in [1.54, 1.807) is 43.5 Å². The third-order valence-corrected chi connectivity index (χ3v) is 5.26. The lowest BCUT2D eigenvalue weighted by molar-refractivity contribution is 0.0669. The minimum Gasteiger partial charge on any atom is -0.493 e. The summed E-state index contributed by atoms with van der Waals surface area (Å²) in [6, 6.07) is 15.5. The highest BCUT2D eigenvalue weighted by molar-refractivity contribution is 6.03. The highest BCUT2D eigenvalue weighted by Crippen LogP contribution is 2.29. The number of methoxy groups -OCH3 is 1. The van der Waals surface area contributed by atoms with Gasteiger partial charge in [0.2, 0.25) is 0 Å². The molecule has 0 spiro atoms. The van der Waals surface area contributed by atoms with Crippen molar-refractivity contribution in [1.82, 2.24) is 5.32 Å². The first-order valence-corrected chi connectivity index (χ1v) is 10.8. The second-order valence-electron chi connectivity index (χ2n) is 7.63. The lowest BCUT2D eigenvalue weighted by Gasteiger charge is -2.15. The van der Waals surface area contributed by atoms with Crippen molar-refractivity contribution in [3.8, 4) is 11.5 Å². The van der Waals surface area contributed by atoms with Gasteiger partial charge in [-0.05, 0) is 60.9 Å². The van der Waals surface area contributed by atoms with Gasteiger partial charge in [-0.1, -0.05) is 12.1 Å². The second kappa shape index (κ2) is 10.7. The van der Waals surface area contributed by atoms with Gasteiger partial charge in [-0.15, -0.1) is 0 Å². The SMILES string of the molecule is COc1cc(CNC(=O)c2cccc(NC(=O)c3ccco3)c2)ccc1OCC1CCCO1. The number of carbonyl (C=O) groups is 2. The summed E-state index contributed by atoms with van der Waals surface area (Å²) in [6.07, 6.45) is 3.60. The lowest BCUT2D eigenvalue weighted by atomic mass is 10.1. The summed E-state index contributed by atoms with van der Waals surface area (Å²) in [4.78, 5) is 24.8. The number of furan rings is 1. The van der Waals surface area contributed by atoms with Crippen LogP contribution in [0.2, 0.25) is 0 Å². The Balaban J connectivity index is 1.33. The normalized spacial score (nSPS) is 15.1. The third-order valence-electron chi connectivity index (χ3n) is 5.26. The molecule has 172 valence electrons. The number of ether oxygens (including phenoxy) is 3. The van der Waals surface area contributed by atoms with Gasteiger partial charge in [0.05, 0.1) is 19.5 Å². The van der Waals surface area contributed by atoms with Gasteiger partial charge >= 0.3 is 0 Å². The van der Waals surface area contributed by atoms with Gasteiger partial charge in [0.1, 0.15) is 6.61 Å². The van der Waals surface area contributed by atoms with Crippen LogP contribution in [-0.4, -0.2) is 38.2 Å². The maximum atomic E-state index is 12.6. The van der Waals surface area contributed by atoms with Crippen LogP contribution < -0.4 is 20.1 Å². The Morgan fingerprint density at radius 1 is 1.06 bits per heavy atom. The summed E-state index contributed by atoms with van der Waals surface area (Å²) in [5, 5.41) is 5.60. The Morgan fingerprint density at radius 3 is 2.73 bits per heavy atom. The fourth-order valence-electron chi connectivity index (χ4n) is 3.52. The van der Waals surface area contributed by atoms with E-state index >= 15 is 0 Å². The van der Waals surface area contributed by atoms with E-state index in [0.717, 1.165) is 25.0 Å². The molecule has 1 saturated heterocycles. The van der Waals surface area contributed by atoms with Gasteiger partial charge in [0, 0.05) is 24.4 Å². The van der Waals surface area contributed by atoms with Crippen LogP contribution in [0.25, 0.3) is 0 Å². The molecule has 1 unspecified atom stereocenters. The Labute approximate surface area is 191 Å². The molecule has 33 heavy (non-hydrogen) atoms. The third kappa shape index (κ3) is 5.93. The molecule has 1 aliphatic heterocycles. The molecule has 3 aromatic rings. The number of anilines is 1. The van der Waals surface area contributed by atoms with Crippen LogP contribution in [0.15, 0.2) is 65.3 Å². The second-order valence-corrected chi connectivity index (χ2v) is 7.63. The summed E-state index contributed by atoms with van der Waals surface area (Å²) in [7, 11) is 1.58. The highest BCUT2D eigenvalue weighted by Gasteiger charge is 2.17. The Kier molecular flexibility index (Phi) is 7.26. The Morgan fingerprint density at radius 2 is 1.97 bits per heavy atom. The molecule has 2 amide bonds. The molecule has 0 bridgehead atoms. The fourth-order valence-corrected chi connectivity index (χ4v) is 3.52. The first-order valence-electron chi connectivity index (χ1n) is 10.8. The van der Waals surface area contributed by atoms with Crippen molar-refractivity contribution in [3.63, 3.8) is 0 Å². The summed E-state index contributed by atoms with van der Waals surface area (Å²) >= 11 is 0. The first-order chi connectivity index (χ1) is 16.1. The number of hydrogen-bond acceptors (Lipinski definition) is 6. The Hall–Kier alpha value is -3.78. The minimum atomic E-state index is -0.383. The van der Waals surface area contributed by atoms with Gasteiger partial charge in [0.25, 0.3) is 11.8 Å². The smallest absolute Gasteiger partial charge is 0.291 e. The first kappa shape index (κ1) is 22.4. The average molecular weight is 450 g/mol. The monoisotopic (exact) mass is 450 g/mol. The van der Waals surface area contributed by atoms with Crippen LogP contribution in [-0.2, 0) is 11.3 Å². The van der Waals surface area contributed by atoms with E-state index < -0.39 is 0 Å². The number of carbonyl (C=O) groups excluding carboxylic acids is 2. The van der Waals surface area contributed by atoms with Crippen LogP contribution in [0.3, 0.4) is 0 Å². The largest absolute Gasteiger partial charge is 0.493 e. The van der Waals surface area contributed by atoms with Crippen molar-refractivity contribution >= 4 is 17.5 Å². The number of nitrogens with one attached hydrogen (secondary N) is 2. The number of amides is 2. The molecular weight excluding hydrogens is 424 g/mol. The van der Waals surface area contributed by atoms with Crippen molar-refractivity contribution in [2.45, 2.75) is 25.5 Å². The molecule has 1 fully saturated rings. The minimum absolute atomic E-state index is 0.119. The van der Waals surface area contributed by atoms with Crippen LogP contribution in [0.5, 0.6) is 11.5 Å². The van der Waals surface area contributed by atoms with Gasteiger partial charge < -0.3 is 29.3 Å². The standard InChI is InChI=1S/C25H26N2O6/c1-30-23-13-17(9-10-21(23)33-16-20-7-3-11-31-20)15-26-24(28)18-5-2-6-19(14-18)27-25(29)22-8-4-12-32-22/h2,4-6,8-10,12-14,20H,3,7,11,15-16H2,1H3,(H,26,28)(H,27,29). The molecule has 0 radical (unpaired) electrons. The molecule has 8 heteroatoms. The molecule has 2 heterocycles. The van der Waals surface area contributed by atoms with Crippen molar-refractivity contribution in [1.29, 1.82) is 0 Å². The van der Waals surface area contributed by atoms with Gasteiger partial charge in [-0.25, -0.2) is 0 Å². The maximum Gasteiger partial charge on any atom is 0.291 e. The van der Waals surface area contributed by atoms with Crippen molar-refractivity contribution in [2.24, 2.45) is 0 Å². The van der Waals surface area contributed by atoms with E-state index in [0.29, 0.717) is 35.9 Å². The van der Waals surface area contributed by atoms with Crippen molar-refractivity contribution < 1.29 is 28.2 Å². The zero-order valence-electron chi connectivity index (χ0n) is 18.3. The van der Waals surface area contributed by atoms with Crippen molar-refractivity contribution in [2.75, 3.05) is 25.6 Å². The molecule has 4 rings (SSSR count). The van der Waals surface area contributed by atoms with Crippen molar-refractivity contribution in [3.05, 3.63) is 77.7 Å². The average Bonchev–Trinajstić information content (AvgIpc) is 3.56. The van der Waals surface area contributed by atoms with E-state index in [4.69, 9.17) is 18.6 Å². The zero-order chi connectivity index (χ0) is 23.0. The topological polar surface area (TPSA) is 99.0 Å². The van der Waals surface area contributed by atoms with Crippen LogP contribution >= 0.6 is 0 Å². The number of benzene rings is 2. The quantitative estimate of drug-likeness (QED) is 0.511. The predicted octanol–water partition coefficient (Wildman–Crippen LogP) is 4.03. The lowest BCUT2D eigenvalue weighted by Crippen LogP contribution is -2.23. The molecule has 8 nitrogen and oxygen atoms in total. The predicted molar refractivity (Wildman–Crippen MR) is 122 cm³/mol. The molecular formula is C25H26N2O6. The van der Waals surface area contributed by atoms with Gasteiger partial charge in [-0.2, -0.15) is 0 Å². The number of hydrogen-bond donors (Lipinski definition) is 2. The van der Waals surface area contributed by atoms with E-state index in [1.807, 2.05) is 18.2 Å². The summed E-state index contributed by atoms with van der Waals surface area (Å²) in [5.41, 5.74) is 1.79. The van der Waals surface area contributed by atoms with E-state index in [1.165, 1.54) is 6.26 Å². The van der Waals surface area contributed by atoms with E-state index in [9.17, 15) is 9.59 Å². The molecule has 1 aliphatic rings. The molecule has 2 N–H and O–H groups in total. The molecule has 1 aromatic heterocycles. The zero-order valence-corrected chi connectivity index (χ0v) is 18.3. The van der Waals surface area contributed by atoms with E-state index in [-0.39, 0.29) is 23.7 Å². The van der Waals surface area contributed by atoms with Gasteiger partial charge in [0.15, 0.2) is 17.3 Å². The fraction of sp³-hybridized carbons (Fsp3) is 0.280. The van der Waals surface area contributed by atoms with Gasteiger partial charge in [-0.3, -0.25) is 9.59 Å². The highest BCUT2D eigenvalue weighted by atomic mass is 16.5. The molecule has 1 atom stereocenters. The molecule has 0 saturated carbocycles. The number of rotatable bonds is 9. The molecule has 0 aliphatic carbocycles. The Bertz CT molecular complexity index is 1090. The van der Waals surface area contributed by atoms with Crippen LogP contribution in [0.1, 0.15) is 39.3 Å². The maximum absolute atomic E-state index is 12.6. The summed E-state index contributed by atoms with van der Waals surface area (Å²) in [5.74, 6) is 0.792. The van der Waals surface area contributed by atoms with Crippen LogP contribution in [0.4, 0.5) is 5.69 Å². The molecule has 2 aromatic carbocycles. The van der Waals surface area contributed by atoms with Crippen LogP contribution in [0, 0.1) is 0 Å². The summed E-state index contributed by atoms with van der Waals surface area (Å²) in [6.45, 7) is 1.58.